The normalized spacial score (nSPS) is 11.1. The molecule has 0 saturated carbocycles. The van der Waals surface area contributed by atoms with Gasteiger partial charge in [0.25, 0.3) is 0 Å². The third-order valence-corrected chi connectivity index (χ3v) is 5.71. The molecular weight excluding hydrogens is 489 g/mol. The summed E-state index contributed by atoms with van der Waals surface area (Å²) in [4.78, 5) is 29.7. The summed E-state index contributed by atoms with van der Waals surface area (Å²) in [6.45, 7) is 3.01. The molecule has 1 N–H and O–H groups in total. The number of rotatable bonds is 7. The number of benzene rings is 2. The van der Waals surface area contributed by atoms with Gasteiger partial charge in [-0.15, -0.1) is 0 Å². The van der Waals surface area contributed by atoms with Gasteiger partial charge in [0.1, 0.15) is 10.9 Å². The van der Waals surface area contributed by atoms with Gasteiger partial charge in [0.15, 0.2) is 11.2 Å². The van der Waals surface area contributed by atoms with Gasteiger partial charge in [0.05, 0.1) is 25.3 Å². The molecule has 0 aliphatic carbocycles. The van der Waals surface area contributed by atoms with Crippen LogP contribution in [0.5, 0.6) is 11.6 Å². The van der Waals surface area contributed by atoms with E-state index < -0.39 is 0 Å². The molecule has 0 radical (unpaired) electrons. The average molecular weight is 508 g/mol. The van der Waals surface area contributed by atoms with Crippen LogP contribution in [0.4, 0.5) is 11.6 Å². The topological polar surface area (TPSA) is 99.8 Å². The van der Waals surface area contributed by atoms with E-state index in [0.717, 1.165) is 5.56 Å². The lowest BCUT2D eigenvalue weighted by molar-refractivity contribution is 0.460. The SMILES string of the molecule is CCn1cnc2c1c(=O)nc(Nc1ccc(Oc3cnc(Cl)cn3)cc1)n2Cc1ccc(Cl)cc1. The lowest BCUT2D eigenvalue weighted by Crippen LogP contribution is -2.20. The Morgan fingerprint density at radius 3 is 2.43 bits per heavy atom. The third-order valence-electron chi connectivity index (χ3n) is 5.26. The van der Waals surface area contributed by atoms with E-state index >= 15 is 0 Å². The van der Waals surface area contributed by atoms with Gasteiger partial charge in [0.2, 0.25) is 11.8 Å². The van der Waals surface area contributed by atoms with E-state index in [-0.39, 0.29) is 10.7 Å². The first kappa shape index (κ1) is 22.8. The maximum atomic E-state index is 12.9. The Labute approximate surface area is 210 Å². The molecule has 0 aliphatic heterocycles. The Morgan fingerprint density at radius 2 is 1.74 bits per heavy atom. The number of hydrogen-bond acceptors (Lipinski definition) is 7. The highest BCUT2D eigenvalue weighted by Gasteiger charge is 2.16. The van der Waals surface area contributed by atoms with Gasteiger partial charge in [0, 0.05) is 17.3 Å². The van der Waals surface area contributed by atoms with Crippen molar-refractivity contribution < 1.29 is 4.74 Å². The van der Waals surface area contributed by atoms with E-state index in [2.05, 4.69) is 25.3 Å². The zero-order valence-corrected chi connectivity index (χ0v) is 20.0. The molecular formula is C24H19Cl2N7O2. The van der Waals surface area contributed by atoms with Gasteiger partial charge in [-0.25, -0.2) is 15.0 Å². The van der Waals surface area contributed by atoms with Crippen LogP contribution in [0.2, 0.25) is 10.2 Å². The Hall–Kier alpha value is -3.95. The Morgan fingerprint density at radius 1 is 0.971 bits per heavy atom. The first-order valence-corrected chi connectivity index (χ1v) is 11.5. The molecule has 0 atom stereocenters. The van der Waals surface area contributed by atoms with E-state index in [1.54, 1.807) is 23.0 Å². The molecule has 0 saturated heterocycles. The van der Waals surface area contributed by atoms with Crippen LogP contribution >= 0.6 is 23.2 Å². The summed E-state index contributed by atoms with van der Waals surface area (Å²) in [5, 5.41) is 4.18. The molecule has 3 heterocycles. The largest absolute Gasteiger partial charge is 0.438 e. The fraction of sp³-hybridized carbons (Fsp3) is 0.125. The maximum Gasteiger partial charge on any atom is 0.300 e. The fourth-order valence-corrected chi connectivity index (χ4v) is 3.79. The van der Waals surface area contributed by atoms with Crippen molar-refractivity contribution in [1.82, 2.24) is 29.1 Å². The third kappa shape index (κ3) is 4.96. The number of halogens is 2. The van der Waals surface area contributed by atoms with Crippen LogP contribution in [0.15, 0.2) is 72.0 Å². The summed E-state index contributed by atoms with van der Waals surface area (Å²) in [6.07, 6.45) is 4.51. The van der Waals surface area contributed by atoms with Crippen molar-refractivity contribution in [3.63, 3.8) is 0 Å². The van der Waals surface area contributed by atoms with E-state index in [1.165, 1.54) is 12.4 Å². The minimum absolute atomic E-state index is 0.287. The Bertz CT molecular complexity index is 1530. The summed E-state index contributed by atoms with van der Waals surface area (Å²) in [5.41, 5.74) is 2.36. The summed E-state index contributed by atoms with van der Waals surface area (Å²) in [6, 6.07) is 14.7. The molecule has 3 aromatic heterocycles. The smallest absolute Gasteiger partial charge is 0.300 e. The van der Waals surface area contributed by atoms with Crippen LogP contribution in [-0.4, -0.2) is 29.1 Å². The predicted molar refractivity (Wildman–Crippen MR) is 135 cm³/mol. The summed E-state index contributed by atoms with van der Waals surface area (Å²) < 4.78 is 9.35. The molecule has 9 nitrogen and oxygen atoms in total. The van der Waals surface area contributed by atoms with Gasteiger partial charge in [-0.05, 0) is 48.9 Å². The van der Waals surface area contributed by atoms with Crippen molar-refractivity contribution in [2.75, 3.05) is 5.32 Å². The van der Waals surface area contributed by atoms with Crippen LogP contribution in [0.1, 0.15) is 12.5 Å². The van der Waals surface area contributed by atoms with Crippen LogP contribution in [0, 0.1) is 0 Å². The van der Waals surface area contributed by atoms with Crippen molar-refractivity contribution in [2.45, 2.75) is 20.0 Å². The molecule has 0 spiro atoms. The molecule has 11 heteroatoms. The number of imidazole rings is 1. The first-order chi connectivity index (χ1) is 17.0. The number of aromatic nitrogens is 6. The number of ether oxygens (including phenoxy) is 1. The number of fused-ring (bicyclic) bond motifs is 1. The van der Waals surface area contributed by atoms with E-state index in [9.17, 15) is 4.79 Å². The maximum absolute atomic E-state index is 12.9. The van der Waals surface area contributed by atoms with E-state index in [0.29, 0.717) is 52.5 Å². The molecule has 176 valence electrons. The van der Waals surface area contributed by atoms with Crippen molar-refractivity contribution in [3.8, 4) is 11.6 Å². The minimum Gasteiger partial charge on any atom is -0.438 e. The zero-order valence-electron chi connectivity index (χ0n) is 18.5. The lowest BCUT2D eigenvalue weighted by Gasteiger charge is -2.15. The number of hydrogen-bond donors (Lipinski definition) is 1. The van der Waals surface area contributed by atoms with Crippen molar-refractivity contribution in [1.29, 1.82) is 0 Å². The second kappa shape index (κ2) is 9.73. The Kier molecular flexibility index (Phi) is 6.35. The van der Waals surface area contributed by atoms with Crippen LogP contribution < -0.4 is 15.6 Å². The molecule has 0 aliphatic rings. The minimum atomic E-state index is -0.351. The summed E-state index contributed by atoms with van der Waals surface area (Å²) in [5.74, 6) is 1.26. The zero-order chi connectivity index (χ0) is 24.4. The first-order valence-electron chi connectivity index (χ1n) is 10.7. The second-order valence-corrected chi connectivity index (χ2v) is 8.41. The average Bonchev–Trinajstić information content (AvgIpc) is 3.30. The highest BCUT2D eigenvalue weighted by atomic mass is 35.5. The highest BCUT2D eigenvalue weighted by Crippen LogP contribution is 2.24. The van der Waals surface area contributed by atoms with Gasteiger partial charge < -0.3 is 14.6 Å². The number of aryl methyl sites for hydroxylation is 1. The van der Waals surface area contributed by atoms with Gasteiger partial charge in [-0.3, -0.25) is 9.36 Å². The van der Waals surface area contributed by atoms with Crippen molar-refractivity contribution in [3.05, 3.63) is 93.3 Å². The van der Waals surface area contributed by atoms with Crippen LogP contribution in [-0.2, 0) is 13.1 Å². The van der Waals surface area contributed by atoms with Crippen LogP contribution in [0.25, 0.3) is 11.2 Å². The fourth-order valence-electron chi connectivity index (χ4n) is 3.56. The molecule has 5 rings (SSSR count). The van der Waals surface area contributed by atoms with E-state index in [1.807, 2.05) is 47.9 Å². The standard InChI is InChI=1S/C24H19Cl2N7O2/c1-2-32-14-29-22-21(32)23(34)31-24(33(22)13-15-3-5-16(25)6-4-15)30-17-7-9-18(10-8-17)35-20-12-27-19(26)11-28-20/h3-12,14H,2,13H2,1H3,(H,30,31,34). The van der Waals surface area contributed by atoms with Crippen LogP contribution in [0.3, 0.4) is 0 Å². The molecule has 5 aromatic rings. The number of nitrogens with zero attached hydrogens (tertiary/aromatic N) is 6. The predicted octanol–water partition coefficient (Wildman–Crippen LogP) is 5.29. The quantitative estimate of drug-likeness (QED) is 0.319. The lowest BCUT2D eigenvalue weighted by atomic mass is 10.2. The van der Waals surface area contributed by atoms with Gasteiger partial charge >= 0.3 is 5.56 Å². The summed E-state index contributed by atoms with van der Waals surface area (Å²) in [7, 11) is 0. The van der Waals surface area contributed by atoms with Crippen molar-refractivity contribution in [2.24, 2.45) is 0 Å². The number of anilines is 2. The molecule has 0 unspecified atom stereocenters. The number of nitrogens with one attached hydrogen (secondary N) is 1. The highest BCUT2D eigenvalue weighted by molar-refractivity contribution is 6.30. The molecule has 0 fully saturated rings. The summed E-state index contributed by atoms with van der Waals surface area (Å²) >= 11 is 11.8. The second-order valence-electron chi connectivity index (χ2n) is 7.58. The molecule has 0 bridgehead atoms. The van der Waals surface area contributed by atoms with E-state index in [4.69, 9.17) is 27.9 Å². The Balaban J connectivity index is 1.47. The molecule has 35 heavy (non-hydrogen) atoms. The van der Waals surface area contributed by atoms with Gasteiger partial charge in [-0.1, -0.05) is 35.3 Å². The van der Waals surface area contributed by atoms with Gasteiger partial charge in [-0.2, -0.15) is 4.98 Å². The van der Waals surface area contributed by atoms with Crippen molar-refractivity contribution >= 4 is 46.0 Å². The monoisotopic (exact) mass is 507 g/mol. The molecule has 2 aromatic carbocycles. The molecule has 0 amide bonds.